The number of fused-ring (bicyclic) bond motifs is 3. The van der Waals surface area contributed by atoms with E-state index in [9.17, 15) is 5.26 Å². The van der Waals surface area contributed by atoms with E-state index in [-0.39, 0.29) is 0 Å². The zero-order chi connectivity index (χ0) is 27.5. The van der Waals surface area contributed by atoms with Crippen LogP contribution in [0.1, 0.15) is 22.7 Å². The Morgan fingerprint density at radius 2 is 1.10 bits per heavy atom. The van der Waals surface area contributed by atoms with Gasteiger partial charge in [-0.3, -0.25) is 9.56 Å². The molecule has 5 aromatic carbocycles. The highest BCUT2D eigenvalue weighted by Crippen LogP contribution is 2.44. The summed E-state index contributed by atoms with van der Waals surface area (Å²) in [5.74, 6) is 0. The van der Waals surface area contributed by atoms with Crippen LogP contribution in [0, 0.1) is 11.3 Å². The van der Waals surface area contributed by atoms with Gasteiger partial charge in [0.05, 0.1) is 17.8 Å². The maximum atomic E-state index is 15.0. The molecule has 6 rings (SSSR count). The zero-order valence-electron chi connectivity index (χ0n) is 21.5. The normalized spacial score (nSPS) is 13.6. The molecule has 0 saturated carbocycles. The summed E-state index contributed by atoms with van der Waals surface area (Å²) >= 11 is 3.52. The molecule has 1 aliphatic rings. The molecule has 0 fully saturated rings. The Hall–Kier alpha value is -4.07. The van der Waals surface area contributed by atoms with Gasteiger partial charge in [-0.15, -0.1) is 0 Å². The summed E-state index contributed by atoms with van der Waals surface area (Å²) in [7, 11) is -3.38. The second-order valence-electron chi connectivity index (χ2n) is 9.58. The standard InChI is InChI=1S/C34H25BrN3OP/c35-25-21-19-24(20-22-25)33(38-40(39,26-11-3-1-4-12-26)27-13-5-2-6-14-27)32(23-36)37-34-30-17-9-7-15-28(30)29-16-8-10-18-31(29)34/h1-22,32-33H,(H,38,39)/t32-,33-/m1/s1. The Morgan fingerprint density at radius 3 is 1.57 bits per heavy atom. The number of halogens is 1. The molecule has 0 aromatic heterocycles. The van der Waals surface area contributed by atoms with Crippen LogP contribution < -0.4 is 15.7 Å². The molecule has 194 valence electrons. The van der Waals surface area contributed by atoms with Crippen LogP contribution in [0.5, 0.6) is 0 Å². The fraction of sp³-hybridized carbons (Fsp3) is 0.0588. The highest BCUT2D eigenvalue weighted by molar-refractivity contribution is 9.10. The van der Waals surface area contributed by atoms with E-state index in [0.717, 1.165) is 38.0 Å². The second-order valence-corrected chi connectivity index (χ2v) is 13.0. The summed E-state index contributed by atoms with van der Waals surface area (Å²) in [6, 6.07) is 43.8. The van der Waals surface area contributed by atoms with E-state index in [1.165, 1.54) is 0 Å². The number of benzene rings is 5. The summed E-state index contributed by atoms with van der Waals surface area (Å²) in [5, 5.41) is 15.4. The lowest BCUT2D eigenvalue weighted by atomic mass is 10.0. The minimum atomic E-state index is -3.38. The Labute approximate surface area is 242 Å². The van der Waals surface area contributed by atoms with Gasteiger partial charge in [-0.2, -0.15) is 5.26 Å². The van der Waals surface area contributed by atoms with Gasteiger partial charge >= 0.3 is 0 Å². The van der Waals surface area contributed by atoms with Gasteiger partial charge in [0, 0.05) is 26.2 Å². The number of rotatable bonds is 7. The number of aliphatic imine (C=N–C) groups is 1. The van der Waals surface area contributed by atoms with Crippen LogP contribution in [0.15, 0.2) is 143 Å². The number of hydrogen-bond donors (Lipinski definition) is 1. The van der Waals surface area contributed by atoms with Crippen molar-refractivity contribution in [3.05, 3.63) is 155 Å². The number of nitrogens with zero attached hydrogens (tertiary/aromatic N) is 2. The van der Waals surface area contributed by atoms with Crippen molar-refractivity contribution in [3.63, 3.8) is 0 Å². The Bertz CT molecular complexity index is 1690. The van der Waals surface area contributed by atoms with Crippen LogP contribution in [0.2, 0.25) is 0 Å². The molecule has 6 heteroatoms. The summed E-state index contributed by atoms with van der Waals surface area (Å²) in [6.07, 6.45) is 0. The minimum Gasteiger partial charge on any atom is -0.297 e. The van der Waals surface area contributed by atoms with Crippen LogP contribution in [-0.4, -0.2) is 11.8 Å². The van der Waals surface area contributed by atoms with E-state index in [2.05, 4.69) is 39.2 Å². The lowest BCUT2D eigenvalue weighted by Gasteiger charge is -2.29. The van der Waals surface area contributed by atoms with Gasteiger partial charge < -0.3 is 0 Å². The third kappa shape index (κ3) is 4.87. The SMILES string of the molecule is N#C[C@@H](N=C1c2ccccc2-c2ccccc21)[C@H](NP(=O)(c1ccccc1)c1ccccc1)c1ccc(Br)cc1. The van der Waals surface area contributed by atoms with E-state index in [0.29, 0.717) is 10.6 Å². The van der Waals surface area contributed by atoms with Crippen molar-refractivity contribution in [1.29, 1.82) is 5.26 Å². The maximum Gasteiger partial charge on any atom is 0.205 e. The molecule has 1 N–H and O–H groups in total. The summed E-state index contributed by atoms with van der Waals surface area (Å²) in [5.41, 5.74) is 5.78. The van der Waals surface area contributed by atoms with Crippen LogP contribution in [0.3, 0.4) is 0 Å². The Kier molecular flexibility index (Phi) is 7.32. The Balaban J connectivity index is 1.52. The average molecular weight is 602 g/mol. The first-order valence-electron chi connectivity index (χ1n) is 13.0. The van der Waals surface area contributed by atoms with E-state index in [1.54, 1.807) is 0 Å². The number of hydrogen-bond acceptors (Lipinski definition) is 3. The first-order chi connectivity index (χ1) is 19.6. The van der Waals surface area contributed by atoms with E-state index < -0.39 is 19.4 Å². The Morgan fingerprint density at radius 1 is 0.650 bits per heavy atom. The lowest BCUT2D eigenvalue weighted by molar-refractivity contribution is 0.545. The molecular formula is C34H25BrN3OP. The minimum absolute atomic E-state index is 0.656. The summed E-state index contributed by atoms with van der Waals surface area (Å²) in [4.78, 5) is 5.11. The molecule has 5 aromatic rings. The van der Waals surface area contributed by atoms with E-state index >= 15 is 4.57 Å². The summed E-state index contributed by atoms with van der Waals surface area (Å²) in [6.45, 7) is 0. The van der Waals surface area contributed by atoms with Crippen LogP contribution in [0.25, 0.3) is 11.1 Å². The molecule has 0 radical (unpaired) electrons. The molecule has 0 aliphatic heterocycles. The van der Waals surface area contributed by atoms with Crippen LogP contribution >= 0.6 is 23.2 Å². The van der Waals surface area contributed by atoms with E-state index in [4.69, 9.17) is 4.99 Å². The summed E-state index contributed by atoms with van der Waals surface area (Å²) < 4.78 is 16.0. The fourth-order valence-electron chi connectivity index (χ4n) is 5.22. The topological polar surface area (TPSA) is 65.2 Å². The lowest BCUT2D eigenvalue weighted by Crippen LogP contribution is -2.35. The fourth-order valence-corrected chi connectivity index (χ4v) is 7.94. The van der Waals surface area contributed by atoms with Crippen molar-refractivity contribution in [2.45, 2.75) is 12.1 Å². The molecule has 4 nitrogen and oxygen atoms in total. The van der Waals surface area contributed by atoms with Crippen molar-refractivity contribution in [2.24, 2.45) is 4.99 Å². The van der Waals surface area contributed by atoms with Crippen LogP contribution in [-0.2, 0) is 4.57 Å². The molecule has 0 saturated heterocycles. The van der Waals surface area contributed by atoms with Gasteiger partial charge in [-0.05, 0) is 53.1 Å². The van der Waals surface area contributed by atoms with E-state index in [1.807, 2.05) is 121 Å². The molecule has 0 amide bonds. The van der Waals surface area contributed by atoms with Crippen molar-refractivity contribution in [2.75, 3.05) is 0 Å². The monoisotopic (exact) mass is 601 g/mol. The predicted molar refractivity (Wildman–Crippen MR) is 167 cm³/mol. The third-order valence-electron chi connectivity index (χ3n) is 7.16. The molecule has 40 heavy (non-hydrogen) atoms. The van der Waals surface area contributed by atoms with Crippen molar-refractivity contribution in [3.8, 4) is 17.2 Å². The first kappa shape index (κ1) is 26.2. The second kappa shape index (κ2) is 11.2. The van der Waals surface area contributed by atoms with Gasteiger partial charge in [0.2, 0.25) is 7.29 Å². The van der Waals surface area contributed by atoms with Gasteiger partial charge in [0.15, 0.2) is 6.04 Å². The maximum absolute atomic E-state index is 15.0. The largest absolute Gasteiger partial charge is 0.297 e. The zero-order valence-corrected chi connectivity index (χ0v) is 24.0. The molecular weight excluding hydrogens is 577 g/mol. The van der Waals surface area contributed by atoms with Crippen molar-refractivity contribution in [1.82, 2.24) is 5.09 Å². The van der Waals surface area contributed by atoms with Gasteiger partial charge in [0.25, 0.3) is 0 Å². The number of nitriles is 1. The van der Waals surface area contributed by atoms with Crippen molar-refractivity contribution >= 4 is 39.5 Å². The molecule has 1 aliphatic carbocycles. The highest BCUT2D eigenvalue weighted by Gasteiger charge is 2.35. The van der Waals surface area contributed by atoms with Gasteiger partial charge in [0.1, 0.15) is 0 Å². The molecule has 0 bridgehead atoms. The molecule has 0 heterocycles. The third-order valence-corrected chi connectivity index (χ3v) is 10.4. The van der Waals surface area contributed by atoms with Gasteiger partial charge in [-0.1, -0.05) is 113 Å². The smallest absolute Gasteiger partial charge is 0.205 e. The van der Waals surface area contributed by atoms with Gasteiger partial charge in [-0.25, -0.2) is 5.09 Å². The molecule has 0 unspecified atom stereocenters. The predicted octanol–water partition coefficient (Wildman–Crippen LogP) is 7.42. The number of nitrogens with one attached hydrogen (secondary N) is 1. The van der Waals surface area contributed by atoms with Crippen molar-refractivity contribution < 1.29 is 4.57 Å². The quantitative estimate of drug-likeness (QED) is 0.194. The first-order valence-corrected chi connectivity index (χ1v) is 15.5. The molecule has 0 spiro atoms. The molecule has 2 atom stereocenters. The van der Waals surface area contributed by atoms with Crippen LogP contribution in [0.4, 0.5) is 0 Å². The highest BCUT2D eigenvalue weighted by atomic mass is 79.9. The average Bonchev–Trinajstić information content (AvgIpc) is 3.33.